The van der Waals surface area contributed by atoms with Crippen LogP contribution in [0, 0.1) is 0 Å². The van der Waals surface area contributed by atoms with E-state index in [0.717, 1.165) is 6.92 Å². The molecule has 0 amide bonds. The Bertz CT molecular complexity index is 491. The lowest BCUT2D eigenvalue weighted by Gasteiger charge is -2.37. The van der Waals surface area contributed by atoms with Gasteiger partial charge in [-0.15, -0.1) is 0 Å². The third-order valence-corrected chi connectivity index (χ3v) is 4.16. The minimum Gasteiger partial charge on any atom is -0.494 e. The molecule has 3 nitrogen and oxygen atoms in total. The molecular formula is C12H17BrF3NO2Si. The molecule has 0 N–H and O–H groups in total. The van der Waals surface area contributed by atoms with Crippen molar-refractivity contribution < 1.29 is 22.3 Å². The number of halogens is 4. The lowest BCUT2D eigenvalue weighted by atomic mass is 10.0. The molecule has 0 saturated carbocycles. The van der Waals surface area contributed by atoms with E-state index in [-0.39, 0.29) is 10.3 Å². The second-order valence-corrected chi connectivity index (χ2v) is 10.6. The average Bonchev–Trinajstić information content (AvgIpc) is 2.25. The third kappa shape index (κ3) is 3.73. The maximum atomic E-state index is 13.4. The van der Waals surface area contributed by atoms with Crippen LogP contribution in [-0.4, -0.2) is 26.6 Å². The van der Waals surface area contributed by atoms with E-state index < -0.39 is 20.1 Å². The van der Waals surface area contributed by atoms with E-state index in [1.807, 2.05) is 0 Å². The quantitative estimate of drug-likeness (QED) is 0.577. The fourth-order valence-electron chi connectivity index (χ4n) is 1.71. The zero-order valence-corrected chi connectivity index (χ0v) is 14.5. The third-order valence-electron chi connectivity index (χ3n) is 2.57. The Morgan fingerprint density at radius 3 is 2.10 bits per heavy atom. The number of nitrogens with zero attached hydrogens (tertiary/aromatic N) is 1. The van der Waals surface area contributed by atoms with Crippen LogP contribution in [0.25, 0.3) is 0 Å². The second-order valence-electron chi connectivity index (χ2n) is 5.44. The molecule has 0 aliphatic heterocycles. The summed E-state index contributed by atoms with van der Waals surface area (Å²) in [5, 5.41) is 0. The highest BCUT2D eigenvalue weighted by molar-refractivity contribution is 9.10. The zero-order chi connectivity index (χ0) is 15.8. The Morgan fingerprint density at radius 1 is 1.20 bits per heavy atom. The molecule has 1 atom stereocenters. The fourth-order valence-corrected chi connectivity index (χ4v) is 3.64. The zero-order valence-electron chi connectivity index (χ0n) is 11.9. The molecule has 0 bridgehead atoms. The number of hydrogen-bond donors (Lipinski definition) is 0. The minimum absolute atomic E-state index is 0.194. The Labute approximate surface area is 125 Å². The van der Waals surface area contributed by atoms with Crippen molar-refractivity contribution >= 4 is 24.2 Å². The van der Waals surface area contributed by atoms with Crippen molar-refractivity contribution in [2.45, 2.75) is 38.3 Å². The van der Waals surface area contributed by atoms with Crippen molar-refractivity contribution in [1.82, 2.24) is 4.98 Å². The van der Waals surface area contributed by atoms with E-state index >= 15 is 0 Å². The van der Waals surface area contributed by atoms with Gasteiger partial charge in [0.2, 0.25) is 0 Å². The van der Waals surface area contributed by atoms with Crippen LogP contribution in [0.2, 0.25) is 19.6 Å². The van der Waals surface area contributed by atoms with E-state index in [1.54, 1.807) is 19.6 Å². The first kappa shape index (κ1) is 17.4. The summed E-state index contributed by atoms with van der Waals surface area (Å²) < 4.78 is 50.9. The summed E-state index contributed by atoms with van der Waals surface area (Å²) >= 11 is 3.10. The van der Waals surface area contributed by atoms with Crippen molar-refractivity contribution in [3.63, 3.8) is 0 Å². The lowest BCUT2D eigenvalue weighted by Crippen LogP contribution is -2.49. The predicted molar refractivity (Wildman–Crippen MR) is 76.3 cm³/mol. The summed E-state index contributed by atoms with van der Waals surface area (Å²) in [6, 6.07) is 2.71. The van der Waals surface area contributed by atoms with Crippen LogP contribution in [0.5, 0.6) is 5.75 Å². The van der Waals surface area contributed by atoms with Gasteiger partial charge in [0.15, 0.2) is 19.7 Å². The van der Waals surface area contributed by atoms with Gasteiger partial charge in [0.05, 0.1) is 12.8 Å². The maximum absolute atomic E-state index is 13.4. The van der Waals surface area contributed by atoms with Gasteiger partial charge in [-0.25, -0.2) is 4.98 Å². The highest BCUT2D eigenvalue weighted by Crippen LogP contribution is 2.43. The number of hydrogen-bond acceptors (Lipinski definition) is 3. The maximum Gasteiger partial charge on any atom is 0.421 e. The van der Waals surface area contributed by atoms with Crippen LogP contribution < -0.4 is 4.74 Å². The molecular weight excluding hydrogens is 355 g/mol. The SMILES string of the molecule is COc1ccc(C(C)(O[Si](C)(C)C)C(F)(F)F)nc1Br. The predicted octanol–water partition coefficient (Wildman–Crippen LogP) is 4.48. The van der Waals surface area contributed by atoms with Crippen LogP contribution in [-0.2, 0) is 10.0 Å². The molecule has 1 rings (SSSR count). The molecule has 1 heterocycles. The normalized spacial score (nSPS) is 15.8. The van der Waals surface area contributed by atoms with Crippen molar-refractivity contribution in [3.8, 4) is 5.75 Å². The Kier molecular flexibility index (Phi) is 4.93. The molecule has 0 saturated heterocycles. The first-order valence-electron chi connectivity index (χ1n) is 5.88. The van der Waals surface area contributed by atoms with Crippen LogP contribution in [0.1, 0.15) is 12.6 Å². The molecule has 1 unspecified atom stereocenters. The molecule has 8 heteroatoms. The summed E-state index contributed by atoms with van der Waals surface area (Å²) in [6.45, 7) is 6.12. The van der Waals surface area contributed by atoms with Gasteiger partial charge in [-0.2, -0.15) is 13.2 Å². The van der Waals surface area contributed by atoms with Gasteiger partial charge in [0.1, 0.15) is 4.60 Å². The number of alkyl halides is 3. The van der Waals surface area contributed by atoms with Gasteiger partial charge in [-0.05, 0) is 54.6 Å². The van der Waals surface area contributed by atoms with E-state index in [9.17, 15) is 13.2 Å². The lowest BCUT2D eigenvalue weighted by molar-refractivity contribution is -0.252. The Morgan fingerprint density at radius 2 is 1.75 bits per heavy atom. The van der Waals surface area contributed by atoms with Gasteiger partial charge >= 0.3 is 6.18 Å². The van der Waals surface area contributed by atoms with Crippen molar-refractivity contribution in [1.29, 1.82) is 0 Å². The molecule has 1 aromatic rings. The smallest absolute Gasteiger partial charge is 0.421 e. The molecule has 20 heavy (non-hydrogen) atoms. The van der Waals surface area contributed by atoms with E-state index in [2.05, 4.69) is 20.9 Å². The van der Waals surface area contributed by atoms with Crippen LogP contribution in [0.4, 0.5) is 13.2 Å². The standard InChI is InChI=1S/C12H17BrF3NO2Si/c1-11(12(14,15)16,19-20(3,4)5)9-7-6-8(18-2)10(13)17-9/h6-7H,1-5H3. The van der Waals surface area contributed by atoms with Gasteiger partial charge in [-0.3, -0.25) is 0 Å². The monoisotopic (exact) mass is 371 g/mol. The molecule has 0 aliphatic carbocycles. The van der Waals surface area contributed by atoms with E-state index in [1.165, 1.54) is 19.2 Å². The topological polar surface area (TPSA) is 31.4 Å². The highest BCUT2D eigenvalue weighted by Gasteiger charge is 2.56. The summed E-state index contributed by atoms with van der Waals surface area (Å²) in [4.78, 5) is 3.94. The minimum atomic E-state index is -4.56. The molecule has 0 fully saturated rings. The summed E-state index contributed by atoms with van der Waals surface area (Å²) in [7, 11) is -1.01. The number of methoxy groups -OCH3 is 1. The number of rotatable bonds is 4. The van der Waals surface area contributed by atoms with E-state index in [4.69, 9.17) is 9.16 Å². The average molecular weight is 372 g/mol. The van der Waals surface area contributed by atoms with Gasteiger partial charge in [0, 0.05) is 0 Å². The Hall–Kier alpha value is -0.603. The van der Waals surface area contributed by atoms with Crippen molar-refractivity contribution in [2.24, 2.45) is 0 Å². The largest absolute Gasteiger partial charge is 0.494 e. The second kappa shape index (κ2) is 5.65. The highest BCUT2D eigenvalue weighted by atomic mass is 79.9. The number of ether oxygens (including phenoxy) is 1. The van der Waals surface area contributed by atoms with Crippen molar-refractivity contribution in [2.75, 3.05) is 7.11 Å². The molecule has 0 aromatic carbocycles. The molecule has 0 spiro atoms. The molecule has 114 valence electrons. The van der Waals surface area contributed by atoms with Gasteiger partial charge < -0.3 is 9.16 Å². The summed E-state index contributed by atoms with van der Waals surface area (Å²) in [6.07, 6.45) is -4.56. The number of aromatic nitrogens is 1. The Balaban J connectivity index is 3.35. The first-order valence-corrected chi connectivity index (χ1v) is 10.1. The number of pyridine rings is 1. The molecule has 1 aromatic heterocycles. The fraction of sp³-hybridized carbons (Fsp3) is 0.583. The van der Waals surface area contributed by atoms with Crippen LogP contribution >= 0.6 is 15.9 Å². The van der Waals surface area contributed by atoms with Gasteiger partial charge in [0.25, 0.3) is 0 Å². The first-order chi connectivity index (χ1) is 8.90. The molecule has 0 radical (unpaired) electrons. The van der Waals surface area contributed by atoms with Crippen LogP contribution in [0.15, 0.2) is 16.7 Å². The van der Waals surface area contributed by atoms with Gasteiger partial charge in [-0.1, -0.05) is 0 Å². The summed E-state index contributed by atoms with van der Waals surface area (Å²) in [5.41, 5.74) is -2.63. The van der Waals surface area contributed by atoms with Crippen molar-refractivity contribution in [3.05, 3.63) is 22.4 Å². The van der Waals surface area contributed by atoms with E-state index in [0.29, 0.717) is 5.75 Å². The molecule has 0 aliphatic rings. The van der Waals surface area contributed by atoms with Crippen LogP contribution in [0.3, 0.4) is 0 Å². The summed E-state index contributed by atoms with van der Waals surface area (Å²) in [5.74, 6) is 0.367.